The number of hydrogen-bond donors (Lipinski definition) is 1. The minimum Gasteiger partial charge on any atom is -0.497 e. The van der Waals surface area contributed by atoms with E-state index in [2.05, 4.69) is 15.5 Å². The molecule has 0 saturated heterocycles. The van der Waals surface area contributed by atoms with Crippen LogP contribution in [0.5, 0.6) is 11.5 Å². The summed E-state index contributed by atoms with van der Waals surface area (Å²) >= 11 is 7.50. The van der Waals surface area contributed by atoms with Crippen molar-refractivity contribution in [2.24, 2.45) is 0 Å². The van der Waals surface area contributed by atoms with Gasteiger partial charge in [-0.15, -0.1) is 10.2 Å². The lowest BCUT2D eigenvalue weighted by Crippen LogP contribution is -2.24. The summed E-state index contributed by atoms with van der Waals surface area (Å²) in [6.45, 7) is 0.0404. The molecule has 1 amide bonds. The summed E-state index contributed by atoms with van der Waals surface area (Å²) in [5.41, 5.74) is 0.988. The molecule has 4 aromatic rings. The second-order valence-corrected chi connectivity index (χ2v) is 9.36. The molecule has 12 heteroatoms. The van der Waals surface area contributed by atoms with Crippen LogP contribution in [-0.4, -0.2) is 34.9 Å². The maximum Gasteiger partial charge on any atom is 0.416 e. The number of carbonyl (C=O) groups is 1. The zero-order valence-corrected chi connectivity index (χ0v) is 21.8. The molecule has 1 N–H and O–H groups in total. The molecule has 0 saturated carbocycles. The van der Waals surface area contributed by atoms with Gasteiger partial charge in [-0.2, -0.15) is 13.2 Å². The topological polar surface area (TPSA) is 78.3 Å². The molecule has 0 spiro atoms. The number of amides is 1. The third kappa shape index (κ3) is 6.59. The monoisotopic (exact) mass is 562 g/mol. The lowest BCUT2D eigenvalue weighted by Gasteiger charge is -2.12. The van der Waals surface area contributed by atoms with Crippen molar-refractivity contribution in [1.82, 2.24) is 20.1 Å². The Labute approximate surface area is 225 Å². The van der Waals surface area contributed by atoms with Gasteiger partial charge >= 0.3 is 6.18 Å². The number of rotatable bonds is 9. The minimum absolute atomic E-state index is 0.0404. The van der Waals surface area contributed by atoms with Gasteiger partial charge < -0.3 is 14.8 Å². The Hall–Kier alpha value is -3.70. The Kier molecular flexibility index (Phi) is 8.48. The quantitative estimate of drug-likeness (QED) is 0.246. The molecule has 7 nitrogen and oxygen atoms in total. The maximum absolute atomic E-state index is 12.9. The first-order valence-electron chi connectivity index (χ1n) is 11.2. The van der Waals surface area contributed by atoms with Gasteiger partial charge in [0.15, 0.2) is 11.0 Å². The highest BCUT2D eigenvalue weighted by Crippen LogP contribution is 2.31. The molecule has 1 heterocycles. The third-order valence-electron chi connectivity index (χ3n) is 5.44. The van der Waals surface area contributed by atoms with E-state index in [1.807, 2.05) is 6.07 Å². The van der Waals surface area contributed by atoms with Crippen molar-refractivity contribution < 1.29 is 27.4 Å². The molecule has 0 bridgehead atoms. The molecular weight excluding hydrogens is 541 g/mol. The van der Waals surface area contributed by atoms with Crippen molar-refractivity contribution in [2.75, 3.05) is 14.2 Å². The molecule has 0 aliphatic heterocycles. The number of ether oxygens (including phenoxy) is 2. The van der Waals surface area contributed by atoms with Crippen LogP contribution >= 0.6 is 23.4 Å². The summed E-state index contributed by atoms with van der Waals surface area (Å²) in [5, 5.41) is 12.3. The van der Waals surface area contributed by atoms with Crippen LogP contribution in [0.3, 0.4) is 0 Å². The smallest absolute Gasteiger partial charge is 0.416 e. The van der Waals surface area contributed by atoms with Gasteiger partial charge in [0.05, 0.1) is 32.0 Å². The number of halogens is 4. The fourth-order valence-corrected chi connectivity index (χ4v) is 4.63. The number of aromatic nitrogens is 3. The van der Waals surface area contributed by atoms with E-state index in [-0.39, 0.29) is 12.5 Å². The number of nitrogens with zero attached hydrogens (tertiary/aromatic N) is 3. The summed E-state index contributed by atoms with van der Waals surface area (Å²) in [4.78, 5) is 12.9. The van der Waals surface area contributed by atoms with Crippen molar-refractivity contribution in [2.45, 2.75) is 23.6 Å². The maximum atomic E-state index is 12.9. The van der Waals surface area contributed by atoms with Crippen LogP contribution in [-0.2, 0) is 18.5 Å². The van der Waals surface area contributed by atoms with E-state index in [1.165, 1.54) is 38.1 Å². The van der Waals surface area contributed by atoms with E-state index < -0.39 is 11.7 Å². The van der Waals surface area contributed by atoms with Crippen LogP contribution in [0.25, 0.3) is 5.69 Å². The van der Waals surface area contributed by atoms with Gasteiger partial charge in [-0.05, 0) is 48.0 Å². The van der Waals surface area contributed by atoms with Crippen molar-refractivity contribution in [1.29, 1.82) is 0 Å². The number of carbonyl (C=O) groups excluding carboxylic acids is 1. The number of hydrogen-bond acceptors (Lipinski definition) is 6. The number of nitrogens with one attached hydrogen (secondary N) is 1. The number of alkyl halides is 3. The summed E-state index contributed by atoms with van der Waals surface area (Å²) in [6, 6.07) is 16.8. The van der Waals surface area contributed by atoms with E-state index >= 15 is 0 Å². The van der Waals surface area contributed by atoms with E-state index in [9.17, 15) is 18.0 Å². The normalized spacial score (nSPS) is 11.3. The summed E-state index contributed by atoms with van der Waals surface area (Å²) < 4.78 is 50.8. The first kappa shape index (κ1) is 27.3. The van der Waals surface area contributed by atoms with E-state index in [4.69, 9.17) is 21.1 Å². The molecule has 0 fully saturated rings. The summed E-state index contributed by atoms with van der Waals surface area (Å²) in [5.74, 6) is 1.36. The van der Waals surface area contributed by atoms with Gasteiger partial charge in [-0.25, -0.2) is 0 Å². The second kappa shape index (κ2) is 11.8. The van der Waals surface area contributed by atoms with Crippen molar-refractivity contribution in [3.8, 4) is 17.2 Å². The largest absolute Gasteiger partial charge is 0.497 e. The lowest BCUT2D eigenvalue weighted by molar-refractivity contribution is -0.137. The van der Waals surface area contributed by atoms with Crippen molar-refractivity contribution in [3.05, 3.63) is 94.3 Å². The molecule has 4 rings (SSSR count). The van der Waals surface area contributed by atoms with E-state index in [0.29, 0.717) is 50.1 Å². The first-order chi connectivity index (χ1) is 18.2. The van der Waals surface area contributed by atoms with E-state index in [1.54, 1.807) is 41.0 Å². The SMILES string of the molecule is COc1cc(OC)cc(C(=O)NCc2nnc(SCc3ccc(C(F)(F)F)cc3)n2-c2cccc(Cl)c2)c1. The number of thioether (sulfide) groups is 1. The predicted octanol–water partition coefficient (Wildman–Crippen LogP) is 6.18. The fraction of sp³-hybridized carbons (Fsp3) is 0.192. The zero-order valence-electron chi connectivity index (χ0n) is 20.3. The third-order valence-corrected chi connectivity index (χ3v) is 6.67. The Morgan fingerprint density at radius 1 is 1.00 bits per heavy atom. The van der Waals surface area contributed by atoms with Crippen LogP contribution in [0.2, 0.25) is 5.02 Å². The standard InChI is InChI=1S/C26H22ClF3N4O3S/c1-36-21-10-17(11-22(13-21)37-2)24(35)31-14-23-32-33-25(34(23)20-5-3-4-19(27)12-20)38-15-16-6-8-18(9-7-16)26(28,29)30/h3-13H,14-15H2,1-2H3,(H,31,35). The summed E-state index contributed by atoms with van der Waals surface area (Å²) in [7, 11) is 2.99. The van der Waals surface area contributed by atoms with Crippen LogP contribution in [0, 0.1) is 0 Å². The van der Waals surface area contributed by atoms with Gasteiger partial charge in [0.2, 0.25) is 0 Å². The summed E-state index contributed by atoms with van der Waals surface area (Å²) in [6.07, 6.45) is -4.40. The Morgan fingerprint density at radius 2 is 1.68 bits per heavy atom. The highest BCUT2D eigenvalue weighted by molar-refractivity contribution is 7.98. The lowest BCUT2D eigenvalue weighted by atomic mass is 10.1. The van der Waals surface area contributed by atoms with Crippen LogP contribution < -0.4 is 14.8 Å². The van der Waals surface area contributed by atoms with Crippen LogP contribution in [0.1, 0.15) is 27.3 Å². The molecule has 0 aliphatic rings. The first-order valence-corrected chi connectivity index (χ1v) is 12.5. The molecule has 38 heavy (non-hydrogen) atoms. The average molecular weight is 563 g/mol. The van der Waals surface area contributed by atoms with Gasteiger partial charge in [-0.1, -0.05) is 41.6 Å². The Bertz CT molecular complexity index is 1410. The average Bonchev–Trinajstić information content (AvgIpc) is 3.32. The molecule has 1 aromatic heterocycles. The molecule has 0 atom stereocenters. The van der Waals surface area contributed by atoms with Gasteiger partial charge in [0.1, 0.15) is 11.5 Å². The van der Waals surface area contributed by atoms with Crippen LogP contribution in [0.15, 0.2) is 71.9 Å². The number of benzene rings is 3. The molecule has 0 unspecified atom stereocenters. The van der Waals surface area contributed by atoms with Crippen molar-refractivity contribution in [3.63, 3.8) is 0 Å². The predicted molar refractivity (Wildman–Crippen MR) is 138 cm³/mol. The highest BCUT2D eigenvalue weighted by Gasteiger charge is 2.30. The second-order valence-electron chi connectivity index (χ2n) is 7.98. The van der Waals surface area contributed by atoms with Gasteiger partial charge in [0, 0.05) is 22.4 Å². The Morgan fingerprint density at radius 3 is 2.29 bits per heavy atom. The molecular formula is C26H22ClF3N4O3S. The molecule has 0 radical (unpaired) electrons. The number of methoxy groups -OCH3 is 2. The molecule has 0 aliphatic carbocycles. The molecule has 198 valence electrons. The van der Waals surface area contributed by atoms with Crippen LogP contribution in [0.4, 0.5) is 13.2 Å². The Balaban J connectivity index is 1.56. The van der Waals surface area contributed by atoms with Gasteiger partial charge in [-0.3, -0.25) is 9.36 Å². The highest BCUT2D eigenvalue weighted by atomic mass is 35.5. The molecule has 3 aromatic carbocycles. The fourth-order valence-electron chi connectivity index (χ4n) is 3.52. The zero-order chi connectivity index (χ0) is 27.3. The van der Waals surface area contributed by atoms with Gasteiger partial charge in [0.25, 0.3) is 5.91 Å². The minimum atomic E-state index is -4.40. The van der Waals surface area contributed by atoms with E-state index in [0.717, 1.165) is 12.1 Å². The van der Waals surface area contributed by atoms with Crippen molar-refractivity contribution >= 4 is 29.3 Å².